The van der Waals surface area contributed by atoms with Crippen molar-refractivity contribution in [2.45, 2.75) is 10.8 Å². The lowest BCUT2D eigenvalue weighted by molar-refractivity contribution is 0.545. The minimum Gasteiger partial charge on any atom is -0.207 e. The van der Waals surface area contributed by atoms with Crippen molar-refractivity contribution in [2.75, 3.05) is 0 Å². The predicted octanol–water partition coefficient (Wildman–Crippen LogP) is 3.16. The summed E-state index contributed by atoms with van der Waals surface area (Å²) < 4.78 is 52.8. The maximum Gasteiger partial charge on any atom is 0.250 e. The largest absolute Gasteiger partial charge is 0.250 e. The minimum absolute atomic E-state index is 0.0790. The Labute approximate surface area is 117 Å². The number of thiophene rings is 1. The minimum atomic E-state index is -3.77. The lowest BCUT2D eigenvalue weighted by atomic mass is 10.2. The van der Waals surface area contributed by atoms with Crippen molar-refractivity contribution in [3.05, 3.63) is 51.9 Å². The smallest absolute Gasteiger partial charge is 0.207 e. The molecule has 1 aromatic heterocycles. The molecule has 0 saturated carbocycles. The van der Waals surface area contributed by atoms with Gasteiger partial charge in [0.25, 0.3) is 0 Å². The average Bonchev–Trinajstić information content (AvgIpc) is 2.88. The standard InChI is InChI=1S/C11H8ClF2NO2S2/c12-8-3-4-9(13)7(11(8)14)6-15-19(16,17)10-2-1-5-18-10/h1-5,15H,6H2. The van der Waals surface area contributed by atoms with Gasteiger partial charge in [-0.15, -0.1) is 11.3 Å². The summed E-state index contributed by atoms with van der Waals surface area (Å²) in [5, 5.41) is 1.33. The molecule has 0 fully saturated rings. The van der Waals surface area contributed by atoms with Gasteiger partial charge in [0.15, 0.2) is 0 Å². The fraction of sp³-hybridized carbons (Fsp3) is 0.0909. The van der Waals surface area contributed by atoms with Crippen molar-refractivity contribution in [1.29, 1.82) is 0 Å². The molecular weight excluding hydrogens is 316 g/mol. The van der Waals surface area contributed by atoms with Gasteiger partial charge in [0, 0.05) is 12.1 Å². The molecular formula is C11H8ClF2NO2S2. The van der Waals surface area contributed by atoms with Gasteiger partial charge >= 0.3 is 0 Å². The van der Waals surface area contributed by atoms with E-state index in [4.69, 9.17) is 11.6 Å². The molecule has 0 atom stereocenters. The number of rotatable bonds is 4. The molecule has 2 aromatic rings. The van der Waals surface area contributed by atoms with Crippen LogP contribution in [0.4, 0.5) is 8.78 Å². The zero-order chi connectivity index (χ0) is 14.0. The highest BCUT2D eigenvalue weighted by Crippen LogP contribution is 2.22. The van der Waals surface area contributed by atoms with Crippen LogP contribution in [0.15, 0.2) is 33.9 Å². The van der Waals surface area contributed by atoms with Crippen LogP contribution in [0.25, 0.3) is 0 Å². The van der Waals surface area contributed by atoms with Gasteiger partial charge in [0.05, 0.1) is 5.02 Å². The number of halogens is 3. The molecule has 8 heteroatoms. The molecule has 0 unspecified atom stereocenters. The third kappa shape index (κ3) is 3.11. The van der Waals surface area contributed by atoms with Gasteiger partial charge in [-0.25, -0.2) is 21.9 Å². The Morgan fingerprint density at radius 2 is 2.00 bits per heavy atom. The van der Waals surface area contributed by atoms with Crippen LogP contribution in [0.1, 0.15) is 5.56 Å². The summed E-state index contributed by atoms with van der Waals surface area (Å²) in [6.07, 6.45) is 0. The highest BCUT2D eigenvalue weighted by atomic mass is 35.5. The van der Waals surface area contributed by atoms with E-state index in [1.54, 1.807) is 11.4 Å². The summed E-state index contributed by atoms with van der Waals surface area (Å²) in [5.41, 5.74) is -0.410. The summed E-state index contributed by atoms with van der Waals surface area (Å²) in [4.78, 5) is 0. The van der Waals surface area contributed by atoms with Crippen LogP contribution in [0.3, 0.4) is 0 Å². The number of nitrogens with one attached hydrogen (secondary N) is 1. The van der Waals surface area contributed by atoms with E-state index in [1.807, 2.05) is 0 Å². The molecule has 0 spiro atoms. The highest BCUT2D eigenvalue weighted by molar-refractivity contribution is 7.91. The number of benzene rings is 1. The van der Waals surface area contributed by atoms with Crippen LogP contribution < -0.4 is 4.72 Å². The van der Waals surface area contributed by atoms with Crippen molar-refractivity contribution >= 4 is 33.0 Å². The second-order valence-corrected chi connectivity index (χ2v) is 6.93. The van der Waals surface area contributed by atoms with E-state index in [-0.39, 0.29) is 9.23 Å². The fourth-order valence-electron chi connectivity index (χ4n) is 1.39. The molecule has 102 valence electrons. The Balaban J connectivity index is 2.23. The molecule has 1 aromatic carbocycles. The number of sulfonamides is 1. The zero-order valence-electron chi connectivity index (χ0n) is 9.36. The third-order valence-electron chi connectivity index (χ3n) is 2.34. The maximum absolute atomic E-state index is 13.6. The van der Waals surface area contributed by atoms with Crippen LogP contribution in [0.5, 0.6) is 0 Å². The molecule has 3 nitrogen and oxygen atoms in total. The predicted molar refractivity (Wildman–Crippen MR) is 69.7 cm³/mol. The number of hydrogen-bond donors (Lipinski definition) is 1. The van der Waals surface area contributed by atoms with Gasteiger partial charge in [-0.3, -0.25) is 0 Å². The Morgan fingerprint density at radius 3 is 2.63 bits per heavy atom. The quantitative estimate of drug-likeness (QED) is 0.879. The van der Waals surface area contributed by atoms with Gasteiger partial charge < -0.3 is 0 Å². The van der Waals surface area contributed by atoms with Gasteiger partial charge in [0.2, 0.25) is 10.0 Å². The summed E-state index contributed by atoms with van der Waals surface area (Å²) in [6, 6.07) is 5.03. The SMILES string of the molecule is O=S(=O)(NCc1c(F)ccc(Cl)c1F)c1cccs1. The van der Waals surface area contributed by atoms with E-state index in [9.17, 15) is 17.2 Å². The first-order chi connectivity index (χ1) is 8.92. The summed E-state index contributed by atoms with van der Waals surface area (Å²) >= 11 is 6.53. The van der Waals surface area contributed by atoms with Crippen molar-refractivity contribution in [3.63, 3.8) is 0 Å². The zero-order valence-corrected chi connectivity index (χ0v) is 11.7. The first kappa shape index (κ1) is 14.4. The van der Waals surface area contributed by atoms with E-state index >= 15 is 0 Å². The topological polar surface area (TPSA) is 46.2 Å². The Hall–Kier alpha value is -1.02. The summed E-state index contributed by atoms with van der Waals surface area (Å²) in [6.45, 7) is -0.502. The first-order valence-electron chi connectivity index (χ1n) is 5.07. The lowest BCUT2D eigenvalue weighted by Gasteiger charge is -2.08. The molecule has 0 aliphatic carbocycles. The molecule has 0 bridgehead atoms. The highest BCUT2D eigenvalue weighted by Gasteiger charge is 2.18. The Kier molecular flexibility index (Phi) is 4.19. The van der Waals surface area contributed by atoms with Crippen LogP contribution in [-0.4, -0.2) is 8.42 Å². The van der Waals surface area contributed by atoms with E-state index in [1.165, 1.54) is 6.07 Å². The van der Waals surface area contributed by atoms with Crippen LogP contribution in [0.2, 0.25) is 5.02 Å². The Morgan fingerprint density at radius 1 is 1.26 bits per heavy atom. The number of hydrogen-bond acceptors (Lipinski definition) is 3. The second kappa shape index (κ2) is 5.54. The monoisotopic (exact) mass is 323 g/mol. The van der Waals surface area contributed by atoms with Gasteiger partial charge in [-0.2, -0.15) is 0 Å². The molecule has 0 amide bonds. The second-order valence-electron chi connectivity index (χ2n) is 3.58. The molecule has 0 radical (unpaired) electrons. The summed E-state index contributed by atoms with van der Waals surface area (Å²) in [7, 11) is -3.77. The molecule has 19 heavy (non-hydrogen) atoms. The van der Waals surface area contributed by atoms with Gasteiger partial charge in [-0.05, 0) is 23.6 Å². The Bertz CT molecular complexity index is 687. The van der Waals surface area contributed by atoms with Gasteiger partial charge in [-0.1, -0.05) is 17.7 Å². The van der Waals surface area contributed by atoms with Crippen molar-refractivity contribution in [1.82, 2.24) is 4.72 Å². The normalized spacial score (nSPS) is 11.7. The maximum atomic E-state index is 13.6. The first-order valence-corrected chi connectivity index (χ1v) is 7.81. The van der Waals surface area contributed by atoms with E-state index in [0.717, 1.165) is 23.5 Å². The van der Waals surface area contributed by atoms with E-state index < -0.39 is 33.8 Å². The van der Waals surface area contributed by atoms with Gasteiger partial charge in [0.1, 0.15) is 15.8 Å². The van der Waals surface area contributed by atoms with Crippen molar-refractivity contribution in [2.24, 2.45) is 0 Å². The molecule has 1 heterocycles. The van der Waals surface area contributed by atoms with Crippen LogP contribution in [-0.2, 0) is 16.6 Å². The molecule has 0 aliphatic heterocycles. The van der Waals surface area contributed by atoms with Crippen molar-refractivity contribution < 1.29 is 17.2 Å². The molecule has 0 aliphatic rings. The van der Waals surface area contributed by atoms with E-state index in [0.29, 0.717) is 0 Å². The average molecular weight is 324 g/mol. The fourth-order valence-corrected chi connectivity index (χ4v) is 3.60. The van der Waals surface area contributed by atoms with E-state index in [2.05, 4.69) is 4.72 Å². The molecule has 1 N–H and O–H groups in total. The van der Waals surface area contributed by atoms with Crippen LogP contribution >= 0.6 is 22.9 Å². The lowest BCUT2D eigenvalue weighted by Crippen LogP contribution is -2.23. The molecule has 2 rings (SSSR count). The summed E-state index contributed by atoms with van der Waals surface area (Å²) in [5.74, 6) is -1.81. The van der Waals surface area contributed by atoms with Crippen molar-refractivity contribution in [3.8, 4) is 0 Å². The third-order valence-corrected chi connectivity index (χ3v) is 5.43. The van der Waals surface area contributed by atoms with Crippen LogP contribution in [0, 0.1) is 11.6 Å². The molecule has 0 saturated heterocycles.